The lowest BCUT2D eigenvalue weighted by molar-refractivity contribution is 0.399. The summed E-state index contributed by atoms with van der Waals surface area (Å²) in [5.74, 6) is 1.15. The van der Waals surface area contributed by atoms with Crippen LogP contribution in [0.4, 0.5) is 17.2 Å². The molecular formula is C15H18N4O. The minimum absolute atomic E-state index is 0.425. The van der Waals surface area contributed by atoms with E-state index >= 15 is 0 Å². The Labute approximate surface area is 118 Å². The molecule has 1 aromatic heterocycles. The highest BCUT2D eigenvalue weighted by Crippen LogP contribution is 2.37. The lowest BCUT2D eigenvalue weighted by atomic mass is 9.99. The lowest BCUT2D eigenvalue weighted by Crippen LogP contribution is -2.26. The van der Waals surface area contributed by atoms with Crippen molar-refractivity contribution in [3.8, 4) is 5.88 Å². The van der Waals surface area contributed by atoms with Crippen molar-refractivity contribution in [1.82, 2.24) is 9.97 Å². The molecule has 2 N–H and O–H groups in total. The molecule has 104 valence electrons. The van der Waals surface area contributed by atoms with Crippen molar-refractivity contribution in [2.24, 2.45) is 0 Å². The van der Waals surface area contributed by atoms with Crippen LogP contribution in [0.5, 0.6) is 5.88 Å². The number of anilines is 3. The zero-order chi connectivity index (χ0) is 14.1. The third-order valence-corrected chi connectivity index (χ3v) is 3.63. The van der Waals surface area contributed by atoms with Gasteiger partial charge in [0.1, 0.15) is 12.0 Å². The molecule has 1 aliphatic heterocycles. The number of benzene rings is 1. The Hall–Kier alpha value is -2.30. The summed E-state index contributed by atoms with van der Waals surface area (Å²) in [6.45, 7) is 3.02. The highest BCUT2D eigenvalue weighted by atomic mass is 16.5. The van der Waals surface area contributed by atoms with Crippen LogP contribution in [0.15, 0.2) is 24.5 Å². The van der Waals surface area contributed by atoms with Gasteiger partial charge in [0.25, 0.3) is 0 Å². The van der Waals surface area contributed by atoms with Gasteiger partial charge in [0.05, 0.1) is 7.11 Å². The number of hydrogen-bond acceptors (Lipinski definition) is 5. The lowest BCUT2D eigenvalue weighted by Gasteiger charge is -2.31. The summed E-state index contributed by atoms with van der Waals surface area (Å²) in [6, 6.07) is 6.49. The maximum absolute atomic E-state index is 6.12. The number of nitrogens with two attached hydrogens (primary N) is 1. The van der Waals surface area contributed by atoms with Gasteiger partial charge in [0.15, 0.2) is 5.82 Å². The molecule has 0 atom stereocenters. The third-order valence-electron chi connectivity index (χ3n) is 3.63. The summed E-state index contributed by atoms with van der Waals surface area (Å²) < 4.78 is 5.18. The zero-order valence-electron chi connectivity index (χ0n) is 11.8. The molecular weight excluding hydrogens is 252 g/mol. The zero-order valence-corrected chi connectivity index (χ0v) is 11.8. The van der Waals surface area contributed by atoms with Crippen LogP contribution in [0.1, 0.15) is 17.5 Å². The molecule has 5 heteroatoms. The molecule has 0 amide bonds. The van der Waals surface area contributed by atoms with Crippen molar-refractivity contribution in [2.75, 3.05) is 24.3 Å². The van der Waals surface area contributed by atoms with Crippen LogP contribution < -0.4 is 15.4 Å². The van der Waals surface area contributed by atoms with E-state index in [1.807, 2.05) is 0 Å². The van der Waals surface area contributed by atoms with Crippen LogP contribution in [0.2, 0.25) is 0 Å². The standard InChI is InChI=1S/C15H18N4O/c1-10-5-6-12-11(8-10)4-3-7-19(12)14-13(16)15(20-2)18-9-17-14/h5-6,8-9H,3-4,7,16H2,1-2H3. The van der Waals surface area contributed by atoms with Crippen molar-refractivity contribution in [2.45, 2.75) is 19.8 Å². The number of fused-ring (bicyclic) bond motifs is 1. The van der Waals surface area contributed by atoms with E-state index in [1.165, 1.54) is 23.1 Å². The Morgan fingerprint density at radius 3 is 2.95 bits per heavy atom. The first-order valence-electron chi connectivity index (χ1n) is 6.72. The predicted octanol–water partition coefficient (Wildman–Crippen LogP) is 2.46. The first kappa shape index (κ1) is 12.7. The number of hydrogen-bond donors (Lipinski definition) is 1. The number of methoxy groups -OCH3 is 1. The van der Waals surface area contributed by atoms with Gasteiger partial charge in [-0.3, -0.25) is 0 Å². The number of aromatic nitrogens is 2. The van der Waals surface area contributed by atoms with E-state index < -0.39 is 0 Å². The van der Waals surface area contributed by atoms with Crippen molar-refractivity contribution < 1.29 is 4.74 Å². The Kier molecular flexibility index (Phi) is 3.18. The Bertz CT molecular complexity index is 642. The molecule has 0 unspecified atom stereocenters. The van der Waals surface area contributed by atoms with Gasteiger partial charge >= 0.3 is 0 Å². The molecule has 1 aliphatic rings. The van der Waals surface area contributed by atoms with E-state index in [2.05, 4.69) is 40.0 Å². The summed E-state index contributed by atoms with van der Waals surface area (Å²) in [5, 5.41) is 0. The average Bonchev–Trinajstić information content (AvgIpc) is 2.46. The van der Waals surface area contributed by atoms with Crippen LogP contribution >= 0.6 is 0 Å². The van der Waals surface area contributed by atoms with Gasteiger partial charge in [0.2, 0.25) is 5.88 Å². The van der Waals surface area contributed by atoms with Gasteiger partial charge < -0.3 is 15.4 Å². The van der Waals surface area contributed by atoms with Gasteiger partial charge in [-0.2, -0.15) is 4.98 Å². The van der Waals surface area contributed by atoms with Crippen LogP contribution in [0, 0.1) is 6.92 Å². The van der Waals surface area contributed by atoms with E-state index in [1.54, 1.807) is 7.11 Å². The summed E-state index contributed by atoms with van der Waals surface area (Å²) in [5.41, 5.74) is 10.4. The molecule has 0 saturated heterocycles. The highest BCUT2D eigenvalue weighted by molar-refractivity contribution is 5.76. The normalized spacial score (nSPS) is 14.0. The fourth-order valence-electron chi connectivity index (χ4n) is 2.69. The largest absolute Gasteiger partial charge is 0.479 e. The first-order valence-corrected chi connectivity index (χ1v) is 6.72. The van der Waals surface area contributed by atoms with Gasteiger partial charge in [0, 0.05) is 12.2 Å². The summed E-state index contributed by atoms with van der Waals surface area (Å²) in [4.78, 5) is 10.5. The second-order valence-corrected chi connectivity index (χ2v) is 5.01. The first-order chi connectivity index (χ1) is 9.70. The summed E-state index contributed by atoms with van der Waals surface area (Å²) >= 11 is 0. The topological polar surface area (TPSA) is 64.3 Å². The van der Waals surface area contributed by atoms with Crippen LogP contribution in [-0.2, 0) is 6.42 Å². The number of aryl methyl sites for hydroxylation is 2. The van der Waals surface area contributed by atoms with Crippen LogP contribution in [0.25, 0.3) is 0 Å². The van der Waals surface area contributed by atoms with Crippen molar-refractivity contribution in [3.63, 3.8) is 0 Å². The van der Waals surface area contributed by atoms with Crippen molar-refractivity contribution in [3.05, 3.63) is 35.7 Å². The summed E-state index contributed by atoms with van der Waals surface area (Å²) in [7, 11) is 1.57. The van der Waals surface area contributed by atoms with E-state index in [0.717, 1.165) is 25.2 Å². The fraction of sp³-hybridized carbons (Fsp3) is 0.333. The third kappa shape index (κ3) is 2.05. The quantitative estimate of drug-likeness (QED) is 0.908. The summed E-state index contributed by atoms with van der Waals surface area (Å²) in [6.07, 6.45) is 3.67. The molecule has 0 fully saturated rings. The monoisotopic (exact) mass is 270 g/mol. The molecule has 5 nitrogen and oxygen atoms in total. The SMILES string of the molecule is COc1ncnc(N2CCCc3cc(C)ccc32)c1N. The van der Waals surface area contributed by atoms with E-state index in [0.29, 0.717) is 11.6 Å². The second-order valence-electron chi connectivity index (χ2n) is 5.01. The van der Waals surface area contributed by atoms with Crippen molar-refractivity contribution >= 4 is 17.2 Å². The number of ether oxygens (including phenoxy) is 1. The number of nitrogen functional groups attached to an aromatic ring is 1. The predicted molar refractivity (Wildman–Crippen MR) is 79.5 cm³/mol. The Balaban J connectivity index is 2.09. The molecule has 2 aromatic rings. The van der Waals surface area contributed by atoms with Gasteiger partial charge in [-0.25, -0.2) is 4.98 Å². The Morgan fingerprint density at radius 2 is 2.15 bits per heavy atom. The van der Waals surface area contributed by atoms with E-state index in [9.17, 15) is 0 Å². The highest BCUT2D eigenvalue weighted by Gasteiger charge is 2.22. The van der Waals surface area contributed by atoms with Crippen molar-refractivity contribution in [1.29, 1.82) is 0 Å². The Morgan fingerprint density at radius 1 is 1.30 bits per heavy atom. The minimum atomic E-state index is 0.425. The molecule has 1 aromatic carbocycles. The van der Waals surface area contributed by atoms with Gasteiger partial charge in [-0.15, -0.1) is 0 Å². The fourth-order valence-corrected chi connectivity index (χ4v) is 2.69. The average molecular weight is 270 g/mol. The maximum atomic E-state index is 6.12. The number of nitrogens with zero attached hydrogens (tertiary/aromatic N) is 3. The second kappa shape index (κ2) is 5.00. The molecule has 3 rings (SSSR count). The molecule has 0 bridgehead atoms. The maximum Gasteiger partial charge on any atom is 0.242 e. The van der Waals surface area contributed by atoms with Gasteiger partial charge in [-0.05, 0) is 31.4 Å². The molecule has 2 heterocycles. The molecule has 0 aliphatic carbocycles. The van der Waals surface area contributed by atoms with E-state index in [-0.39, 0.29) is 0 Å². The van der Waals surface area contributed by atoms with Crippen LogP contribution in [-0.4, -0.2) is 23.6 Å². The smallest absolute Gasteiger partial charge is 0.242 e. The molecule has 20 heavy (non-hydrogen) atoms. The van der Waals surface area contributed by atoms with Gasteiger partial charge in [-0.1, -0.05) is 17.7 Å². The minimum Gasteiger partial charge on any atom is -0.479 e. The van der Waals surface area contributed by atoms with Crippen LogP contribution in [0.3, 0.4) is 0 Å². The van der Waals surface area contributed by atoms with E-state index in [4.69, 9.17) is 10.5 Å². The number of rotatable bonds is 2. The molecule has 0 spiro atoms. The molecule has 0 radical (unpaired) electrons. The molecule has 0 saturated carbocycles.